The lowest BCUT2D eigenvalue weighted by Gasteiger charge is -2.14. The number of benzene rings is 1. The van der Waals surface area contributed by atoms with Crippen molar-refractivity contribution in [3.05, 3.63) is 39.7 Å². The van der Waals surface area contributed by atoms with E-state index in [1.165, 1.54) is 0 Å². The molecular weight excluding hydrogens is 251 g/mol. The van der Waals surface area contributed by atoms with Crippen molar-refractivity contribution in [2.45, 2.75) is 25.8 Å². The molecular formula is C13H13FN2O3. The first-order valence-corrected chi connectivity index (χ1v) is 5.67. The van der Waals surface area contributed by atoms with Crippen LogP contribution < -0.4 is 5.32 Å². The monoisotopic (exact) mass is 264 g/mol. The number of hydrogen-bond acceptors (Lipinski definition) is 3. The Morgan fingerprint density at radius 1 is 1.63 bits per heavy atom. The molecule has 6 heteroatoms. The fourth-order valence-corrected chi connectivity index (χ4v) is 1.55. The molecule has 1 amide bonds. The van der Waals surface area contributed by atoms with Gasteiger partial charge in [0.15, 0.2) is 0 Å². The molecule has 1 N–H and O–H groups in total. The summed E-state index contributed by atoms with van der Waals surface area (Å²) in [6, 6.07) is 2.55. The maximum absolute atomic E-state index is 13.0. The number of nitrogens with one attached hydrogen (secondary N) is 1. The van der Waals surface area contributed by atoms with E-state index in [0.717, 1.165) is 18.2 Å². The first-order chi connectivity index (χ1) is 8.99. The van der Waals surface area contributed by atoms with Crippen LogP contribution in [0.5, 0.6) is 0 Å². The van der Waals surface area contributed by atoms with E-state index in [2.05, 4.69) is 11.2 Å². The van der Waals surface area contributed by atoms with E-state index in [0.29, 0.717) is 12.8 Å². The molecule has 0 saturated carbocycles. The van der Waals surface area contributed by atoms with Gasteiger partial charge in [0.05, 0.1) is 11.0 Å². The standard InChI is InChI=1S/C13H13FN2O3/c1-3-5-10(4-2)15-13(17)11-7-6-9(14)8-12(11)16(18)19/h1,6-8,10H,4-5H2,2H3,(H,15,17). The number of amides is 1. The molecule has 0 fully saturated rings. The van der Waals surface area contributed by atoms with Crippen molar-refractivity contribution in [3.63, 3.8) is 0 Å². The van der Waals surface area contributed by atoms with Crippen LogP contribution in [0, 0.1) is 28.3 Å². The van der Waals surface area contributed by atoms with Gasteiger partial charge in [-0.3, -0.25) is 14.9 Å². The highest BCUT2D eigenvalue weighted by atomic mass is 19.1. The summed E-state index contributed by atoms with van der Waals surface area (Å²) in [5, 5.41) is 13.4. The van der Waals surface area contributed by atoms with E-state index in [4.69, 9.17) is 6.42 Å². The molecule has 0 aromatic heterocycles. The van der Waals surface area contributed by atoms with Crippen LogP contribution in [0.3, 0.4) is 0 Å². The second-order valence-corrected chi connectivity index (χ2v) is 3.91. The molecule has 0 bridgehead atoms. The normalized spacial score (nSPS) is 11.4. The molecule has 0 aliphatic heterocycles. The van der Waals surface area contributed by atoms with Crippen molar-refractivity contribution in [1.29, 1.82) is 0 Å². The maximum Gasteiger partial charge on any atom is 0.285 e. The van der Waals surface area contributed by atoms with Gasteiger partial charge in [0.25, 0.3) is 11.6 Å². The Labute approximate surface area is 110 Å². The molecule has 0 aliphatic carbocycles. The molecule has 0 spiro atoms. The van der Waals surface area contributed by atoms with Crippen molar-refractivity contribution in [2.24, 2.45) is 0 Å². The molecule has 19 heavy (non-hydrogen) atoms. The van der Waals surface area contributed by atoms with Gasteiger partial charge in [-0.15, -0.1) is 12.3 Å². The number of halogens is 1. The van der Waals surface area contributed by atoms with Crippen molar-refractivity contribution in [1.82, 2.24) is 5.32 Å². The molecule has 1 rings (SSSR count). The summed E-state index contributed by atoms with van der Waals surface area (Å²) >= 11 is 0. The van der Waals surface area contributed by atoms with Crippen molar-refractivity contribution >= 4 is 11.6 Å². The van der Waals surface area contributed by atoms with E-state index < -0.39 is 22.3 Å². The lowest BCUT2D eigenvalue weighted by Crippen LogP contribution is -2.34. The first-order valence-electron chi connectivity index (χ1n) is 5.67. The van der Waals surface area contributed by atoms with Gasteiger partial charge in [0.2, 0.25) is 0 Å². The molecule has 1 atom stereocenters. The van der Waals surface area contributed by atoms with E-state index >= 15 is 0 Å². The molecule has 1 aromatic rings. The molecule has 1 unspecified atom stereocenters. The number of nitro groups is 1. The largest absolute Gasteiger partial charge is 0.348 e. The van der Waals surface area contributed by atoms with Crippen LogP contribution in [-0.2, 0) is 0 Å². The third-order valence-corrected chi connectivity index (χ3v) is 2.59. The van der Waals surface area contributed by atoms with Gasteiger partial charge in [0.1, 0.15) is 11.4 Å². The van der Waals surface area contributed by atoms with E-state index in [-0.39, 0.29) is 11.6 Å². The number of terminal acetylenes is 1. The van der Waals surface area contributed by atoms with Crippen LogP contribution >= 0.6 is 0 Å². The van der Waals surface area contributed by atoms with Gasteiger partial charge >= 0.3 is 0 Å². The zero-order valence-corrected chi connectivity index (χ0v) is 10.4. The third kappa shape index (κ3) is 3.78. The lowest BCUT2D eigenvalue weighted by atomic mass is 10.1. The highest BCUT2D eigenvalue weighted by molar-refractivity contribution is 5.98. The smallest absolute Gasteiger partial charge is 0.285 e. The average Bonchev–Trinajstić information content (AvgIpc) is 2.37. The van der Waals surface area contributed by atoms with Crippen LogP contribution in [0.1, 0.15) is 30.1 Å². The molecule has 5 nitrogen and oxygen atoms in total. The third-order valence-electron chi connectivity index (χ3n) is 2.59. The van der Waals surface area contributed by atoms with Gasteiger partial charge in [0, 0.05) is 12.5 Å². The molecule has 0 saturated heterocycles. The van der Waals surface area contributed by atoms with Gasteiger partial charge < -0.3 is 5.32 Å². The summed E-state index contributed by atoms with van der Waals surface area (Å²) < 4.78 is 13.0. The Kier molecular flexibility index (Phi) is 5.01. The Bertz CT molecular complexity index is 537. The van der Waals surface area contributed by atoms with E-state index in [1.807, 2.05) is 6.92 Å². The van der Waals surface area contributed by atoms with E-state index in [1.54, 1.807) is 0 Å². The minimum Gasteiger partial charge on any atom is -0.348 e. The zero-order valence-electron chi connectivity index (χ0n) is 10.4. The Morgan fingerprint density at radius 3 is 2.84 bits per heavy atom. The molecule has 0 heterocycles. The minimum absolute atomic E-state index is 0.179. The fourth-order valence-electron chi connectivity index (χ4n) is 1.55. The number of rotatable bonds is 5. The molecule has 0 aliphatic rings. The minimum atomic E-state index is -0.792. The van der Waals surface area contributed by atoms with Crippen molar-refractivity contribution in [3.8, 4) is 12.3 Å². The second-order valence-electron chi connectivity index (χ2n) is 3.91. The second kappa shape index (κ2) is 6.50. The number of hydrogen-bond donors (Lipinski definition) is 1. The summed E-state index contributed by atoms with van der Waals surface area (Å²) in [5.74, 6) is 1.02. The van der Waals surface area contributed by atoms with Crippen LogP contribution in [0.4, 0.5) is 10.1 Å². The van der Waals surface area contributed by atoms with Gasteiger partial charge in [-0.1, -0.05) is 6.92 Å². The molecule has 1 aromatic carbocycles. The fraction of sp³-hybridized carbons (Fsp3) is 0.308. The summed E-state index contributed by atoms with van der Waals surface area (Å²) in [5.41, 5.74) is -0.741. The van der Waals surface area contributed by atoms with Crippen LogP contribution in [0.25, 0.3) is 0 Å². The summed E-state index contributed by atoms with van der Waals surface area (Å²) in [4.78, 5) is 21.9. The quantitative estimate of drug-likeness (QED) is 0.503. The number of nitrogens with zero attached hydrogens (tertiary/aromatic N) is 1. The topological polar surface area (TPSA) is 72.2 Å². The summed E-state index contributed by atoms with van der Waals surface area (Å²) in [6.45, 7) is 1.83. The number of carbonyl (C=O) groups excluding carboxylic acids is 1. The predicted molar refractivity (Wildman–Crippen MR) is 68.0 cm³/mol. The zero-order chi connectivity index (χ0) is 14.4. The van der Waals surface area contributed by atoms with Crippen molar-refractivity contribution < 1.29 is 14.1 Å². The Balaban J connectivity index is 3.00. The lowest BCUT2D eigenvalue weighted by molar-refractivity contribution is -0.385. The highest BCUT2D eigenvalue weighted by Crippen LogP contribution is 2.20. The van der Waals surface area contributed by atoms with Crippen LogP contribution in [0.15, 0.2) is 18.2 Å². The average molecular weight is 264 g/mol. The van der Waals surface area contributed by atoms with Gasteiger partial charge in [-0.05, 0) is 18.6 Å². The molecule has 0 radical (unpaired) electrons. The van der Waals surface area contributed by atoms with Crippen molar-refractivity contribution in [2.75, 3.05) is 0 Å². The Morgan fingerprint density at radius 2 is 2.32 bits per heavy atom. The van der Waals surface area contributed by atoms with Crippen LogP contribution in [-0.4, -0.2) is 16.9 Å². The maximum atomic E-state index is 13.0. The van der Waals surface area contributed by atoms with Crippen LogP contribution in [0.2, 0.25) is 0 Å². The SMILES string of the molecule is C#CCC(CC)NC(=O)c1ccc(F)cc1[N+](=O)[O-]. The first kappa shape index (κ1) is 14.6. The summed E-state index contributed by atoms with van der Waals surface area (Å²) in [7, 11) is 0. The Hall–Kier alpha value is -2.42. The molecule has 100 valence electrons. The highest BCUT2D eigenvalue weighted by Gasteiger charge is 2.22. The number of nitro benzene ring substituents is 1. The van der Waals surface area contributed by atoms with E-state index in [9.17, 15) is 19.3 Å². The van der Waals surface area contributed by atoms with Gasteiger partial charge in [-0.25, -0.2) is 4.39 Å². The number of carbonyl (C=O) groups is 1. The summed E-state index contributed by atoms with van der Waals surface area (Å²) in [6.07, 6.45) is 6.09. The predicted octanol–water partition coefficient (Wildman–Crippen LogP) is 2.27. The van der Waals surface area contributed by atoms with Gasteiger partial charge in [-0.2, -0.15) is 0 Å².